The second kappa shape index (κ2) is 10.3. The molecule has 3 aromatic carbocycles. The fourth-order valence-corrected chi connectivity index (χ4v) is 4.71. The molecule has 0 saturated carbocycles. The van der Waals surface area contributed by atoms with Crippen molar-refractivity contribution in [3.8, 4) is 5.75 Å². The summed E-state index contributed by atoms with van der Waals surface area (Å²) in [6.07, 6.45) is 2.98. The van der Waals surface area contributed by atoms with Gasteiger partial charge in [0.25, 0.3) is 0 Å². The Morgan fingerprint density at radius 2 is 1.59 bits per heavy atom. The third-order valence-corrected chi connectivity index (χ3v) is 6.93. The van der Waals surface area contributed by atoms with E-state index in [1.54, 1.807) is 61.5 Å². The van der Waals surface area contributed by atoms with Gasteiger partial charge in [0, 0.05) is 23.1 Å². The van der Waals surface area contributed by atoms with Crippen molar-refractivity contribution < 1.29 is 29.3 Å². The SMILES string of the molecule is CC1=C(C(=O)O)CC(C(=O)O)(c2cccc(C)c2COc2ccc(C(=O)c3ccccc3)cc2C)C=C1. The lowest BCUT2D eigenvalue weighted by molar-refractivity contribution is -0.142. The smallest absolute Gasteiger partial charge is 0.331 e. The molecule has 0 spiro atoms. The quantitative estimate of drug-likeness (QED) is 0.383. The van der Waals surface area contributed by atoms with Crippen LogP contribution in [0.3, 0.4) is 0 Å². The van der Waals surface area contributed by atoms with Crippen molar-refractivity contribution in [1.82, 2.24) is 0 Å². The average molecular weight is 497 g/mol. The maximum atomic E-state index is 12.8. The van der Waals surface area contributed by atoms with Gasteiger partial charge in [-0.1, -0.05) is 60.7 Å². The predicted octanol–water partition coefficient (Wildman–Crippen LogP) is 5.80. The third-order valence-electron chi connectivity index (χ3n) is 6.93. The normalized spacial score (nSPS) is 16.9. The molecule has 6 nitrogen and oxygen atoms in total. The van der Waals surface area contributed by atoms with E-state index in [2.05, 4.69) is 0 Å². The van der Waals surface area contributed by atoms with Crippen LogP contribution < -0.4 is 4.74 Å². The Balaban J connectivity index is 1.65. The number of carboxylic acid groups (broad SMARTS) is 2. The van der Waals surface area contributed by atoms with Gasteiger partial charge in [0.15, 0.2) is 5.78 Å². The van der Waals surface area contributed by atoms with Crippen LogP contribution in [-0.2, 0) is 21.6 Å². The molecule has 6 heteroatoms. The number of rotatable bonds is 8. The predicted molar refractivity (Wildman–Crippen MR) is 140 cm³/mol. The molecule has 0 bridgehead atoms. The van der Waals surface area contributed by atoms with Crippen molar-refractivity contribution in [2.24, 2.45) is 0 Å². The molecular formula is C31H28O6. The second-order valence-corrected chi connectivity index (χ2v) is 9.32. The van der Waals surface area contributed by atoms with Gasteiger partial charge in [0.2, 0.25) is 0 Å². The molecule has 188 valence electrons. The van der Waals surface area contributed by atoms with Gasteiger partial charge in [-0.05, 0) is 66.8 Å². The molecular weight excluding hydrogens is 468 g/mol. The summed E-state index contributed by atoms with van der Waals surface area (Å²) >= 11 is 0. The van der Waals surface area contributed by atoms with Gasteiger partial charge < -0.3 is 14.9 Å². The molecule has 0 aliphatic heterocycles. The van der Waals surface area contributed by atoms with E-state index in [1.165, 1.54) is 0 Å². The van der Waals surface area contributed by atoms with Gasteiger partial charge in [-0.25, -0.2) is 4.79 Å². The summed E-state index contributed by atoms with van der Waals surface area (Å²) in [7, 11) is 0. The molecule has 0 amide bonds. The minimum absolute atomic E-state index is 0.0767. The van der Waals surface area contributed by atoms with Crippen LogP contribution in [0.2, 0.25) is 0 Å². The molecule has 1 aliphatic carbocycles. The molecule has 1 aliphatic rings. The zero-order chi connectivity index (χ0) is 26.7. The van der Waals surface area contributed by atoms with Crippen molar-refractivity contribution in [2.75, 3.05) is 0 Å². The lowest BCUT2D eigenvalue weighted by Gasteiger charge is -2.32. The van der Waals surface area contributed by atoms with Crippen molar-refractivity contribution in [3.63, 3.8) is 0 Å². The minimum Gasteiger partial charge on any atom is -0.489 e. The van der Waals surface area contributed by atoms with E-state index in [9.17, 15) is 24.6 Å². The van der Waals surface area contributed by atoms with E-state index in [0.29, 0.717) is 33.6 Å². The number of carbonyl (C=O) groups excluding carboxylic acids is 1. The van der Waals surface area contributed by atoms with Crippen LogP contribution >= 0.6 is 0 Å². The topological polar surface area (TPSA) is 101 Å². The molecule has 1 unspecified atom stereocenters. The van der Waals surface area contributed by atoms with Crippen molar-refractivity contribution in [2.45, 2.75) is 39.2 Å². The summed E-state index contributed by atoms with van der Waals surface area (Å²) in [5, 5.41) is 20.0. The summed E-state index contributed by atoms with van der Waals surface area (Å²) in [5.74, 6) is -1.76. The Kier molecular flexibility index (Phi) is 7.11. The van der Waals surface area contributed by atoms with Crippen LogP contribution in [0, 0.1) is 13.8 Å². The summed E-state index contributed by atoms with van der Waals surface area (Å²) in [6, 6.07) is 19.6. The van der Waals surface area contributed by atoms with E-state index in [1.807, 2.05) is 38.1 Å². The van der Waals surface area contributed by atoms with Crippen LogP contribution in [0.15, 0.2) is 90.0 Å². The number of allylic oxidation sites excluding steroid dienone is 2. The monoisotopic (exact) mass is 496 g/mol. The lowest BCUT2D eigenvalue weighted by Crippen LogP contribution is -2.38. The summed E-state index contributed by atoms with van der Waals surface area (Å²) < 4.78 is 6.14. The van der Waals surface area contributed by atoms with Crippen molar-refractivity contribution >= 4 is 17.7 Å². The summed E-state index contributed by atoms with van der Waals surface area (Å²) in [5.41, 5.74) is 3.02. The first kappa shape index (κ1) is 25.6. The number of carboxylic acids is 2. The zero-order valence-electron chi connectivity index (χ0n) is 20.9. The Labute approximate surface area is 215 Å². The van der Waals surface area contributed by atoms with E-state index >= 15 is 0 Å². The second-order valence-electron chi connectivity index (χ2n) is 9.32. The van der Waals surface area contributed by atoms with Gasteiger partial charge in [-0.15, -0.1) is 0 Å². The van der Waals surface area contributed by atoms with Crippen molar-refractivity contribution in [3.05, 3.63) is 123 Å². The summed E-state index contributed by atoms with van der Waals surface area (Å²) in [4.78, 5) is 37.3. The van der Waals surface area contributed by atoms with E-state index in [0.717, 1.165) is 11.1 Å². The number of ketones is 1. The average Bonchev–Trinajstić information content (AvgIpc) is 2.88. The molecule has 0 saturated heterocycles. The molecule has 0 fully saturated rings. The molecule has 0 radical (unpaired) electrons. The first-order valence-corrected chi connectivity index (χ1v) is 11.9. The maximum absolute atomic E-state index is 12.8. The Morgan fingerprint density at radius 1 is 0.865 bits per heavy atom. The fraction of sp³-hybridized carbons (Fsp3) is 0.194. The highest BCUT2D eigenvalue weighted by Gasteiger charge is 2.43. The zero-order valence-corrected chi connectivity index (χ0v) is 20.9. The van der Waals surface area contributed by atoms with Gasteiger partial charge in [0.05, 0.1) is 0 Å². The largest absolute Gasteiger partial charge is 0.489 e. The number of hydrogen-bond donors (Lipinski definition) is 2. The maximum Gasteiger partial charge on any atom is 0.331 e. The third kappa shape index (κ3) is 4.96. The number of aryl methyl sites for hydroxylation is 2. The number of aliphatic carboxylic acids is 2. The Bertz CT molecular complexity index is 1450. The lowest BCUT2D eigenvalue weighted by atomic mass is 9.69. The molecule has 2 N–H and O–H groups in total. The van der Waals surface area contributed by atoms with E-state index in [-0.39, 0.29) is 24.4 Å². The van der Waals surface area contributed by atoms with Crippen LogP contribution in [0.25, 0.3) is 0 Å². The Hall–Kier alpha value is -4.45. The van der Waals surface area contributed by atoms with E-state index in [4.69, 9.17) is 4.74 Å². The molecule has 0 heterocycles. The van der Waals surface area contributed by atoms with Crippen molar-refractivity contribution in [1.29, 1.82) is 0 Å². The first-order valence-electron chi connectivity index (χ1n) is 11.9. The minimum atomic E-state index is -1.53. The number of ether oxygens (including phenoxy) is 1. The summed E-state index contributed by atoms with van der Waals surface area (Å²) in [6.45, 7) is 5.48. The number of hydrogen-bond acceptors (Lipinski definition) is 4. The highest BCUT2D eigenvalue weighted by molar-refractivity contribution is 6.09. The standard InChI is InChI=1S/C31H28O6/c1-19-8-7-11-26(31(30(35)36)15-14-20(2)24(17-31)29(33)34)25(19)18-37-27-13-12-23(16-21(27)3)28(32)22-9-5-4-6-10-22/h4-16H,17-18H2,1-3H3,(H,33,34)(H,35,36). The van der Waals surface area contributed by atoms with Gasteiger partial charge in [0.1, 0.15) is 17.8 Å². The highest BCUT2D eigenvalue weighted by Crippen LogP contribution is 2.41. The molecule has 4 rings (SSSR count). The Morgan fingerprint density at radius 3 is 2.24 bits per heavy atom. The van der Waals surface area contributed by atoms with Gasteiger partial charge in [-0.2, -0.15) is 0 Å². The van der Waals surface area contributed by atoms with Crippen LogP contribution in [0.5, 0.6) is 5.75 Å². The molecule has 1 atom stereocenters. The number of benzene rings is 3. The number of carbonyl (C=O) groups is 3. The highest BCUT2D eigenvalue weighted by atomic mass is 16.5. The van der Waals surface area contributed by atoms with Crippen LogP contribution in [0.1, 0.15) is 51.5 Å². The van der Waals surface area contributed by atoms with Gasteiger partial charge >= 0.3 is 11.9 Å². The van der Waals surface area contributed by atoms with E-state index < -0.39 is 17.4 Å². The van der Waals surface area contributed by atoms with Gasteiger partial charge in [-0.3, -0.25) is 9.59 Å². The first-order chi connectivity index (χ1) is 17.6. The molecule has 37 heavy (non-hydrogen) atoms. The molecule has 0 aromatic heterocycles. The molecule has 3 aromatic rings. The van der Waals surface area contributed by atoms with Crippen LogP contribution in [-0.4, -0.2) is 27.9 Å². The van der Waals surface area contributed by atoms with Crippen LogP contribution in [0.4, 0.5) is 0 Å². The fourth-order valence-electron chi connectivity index (χ4n) is 4.71.